The van der Waals surface area contributed by atoms with Gasteiger partial charge in [0, 0.05) is 74.2 Å². The van der Waals surface area contributed by atoms with Crippen LogP contribution in [0.15, 0.2) is 282 Å². The molecule has 0 aliphatic rings. The van der Waals surface area contributed by atoms with Gasteiger partial charge in [-0.25, -0.2) is 37.8 Å². The molecule has 0 saturated carbocycles. The maximum atomic E-state index is 13.5. The average Bonchev–Trinajstić information content (AvgIpc) is 0.859. The highest BCUT2D eigenvalue weighted by Gasteiger charge is 2.20. The Kier molecular flexibility index (Phi) is 37.8. The summed E-state index contributed by atoms with van der Waals surface area (Å²) in [7, 11) is 8.09. The molecule has 0 unspecified atom stereocenters. The Bertz CT molecular complexity index is 5210. The highest BCUT2D eigenvalue weighted by Crippen LogP contribution is 2.37. The van der Waals surface area contributed by atoms with Gasteiger partial charge in [0.05, 0.1) is 64.9 Å². The topological polar surface area (TPSA) is 345 Å². The number of rotatable bonds is 22. The first-order valence-electron chi connectivity index (χ1n) is 34.3. The number of nitrogen functional groups attached to an aromatic ring is 1. The number of hydroxylamine groups is 1. The Balaban J connectivity index is 0.000000230. The Morgan fingerprint density at radius 3 is 1.03 bits per heavy atom. The van der Waals surface area contributed by atoms with Crippen LogP contribution in [0.2, 0.25) is 0 Å². The normalized spacial score (nSPS) is 10.3. The second-order valence-electron chi connectivity index (χ2n) is 23.0. The lowest BCUT2D eigenvalue weighted by Gasteiger charge is -2.14. The van der Waals surface area contributed by atoms with Crippen molar-refractivity contribution in [1.82, 2.24) is 5.48 Å². The Morgan fingerprint density at radius 1 is 0.359 bits per heavy atom. The number of carboxylic acids is 1. The van der Waals surface area contributed by atoms with Crippen molar-refractivity contribution in [3.05, 3.63) is 344 Å². The molecule has 0 atom stereocenters. The van der Waals surface area contributed by atoms with Gasteiger partial charge in [0.2, 0.25) is 0 Å². The lowest BCUT2D eigenvalue weighted by atomic mass is 10.1. The molecule has 24 nitrogen and oxygen atoms in total. The molecule has 0 saturated heterocycles. The van der Waals surface area contributed by atoms with E-state index in [1.807, 2.05) is 36.4 Å². The van der Waals surface area contributed by atoms with Crippen LogP contribution < -0.4 is 50.8 Å². The summed E-state index contributed by atoms with van der Waals surface area (Å²) < 4.78 is 80.8. The molecule has 11 aromatic carbocycles. The number of nitrogens with one attached hydrogen (secondary N) is 4. The first-order valence-corrected chi connectivity index (χ1v) is 35.8. The fourth-order valence-electron chi connectivity index (χ4n) is 9.49. The Morgan fingerprint density at radius 2 is 0.675 bits per heavy atom. The van der Waals surface area contributed by atoms with Crippen LogP contribution in [0.25, 0.3) is 24.3 Å². The van der Waals surface area contributed by atoms with Crippen LogP contribution in [-0.4, -0.2) is 106 Å². The van der Waals surface area contributed by atoms with E-state index in [-0.39, 0.29) is 69.0 Å². The summed E-state index contributed by atoms with van der Waals surface area (Å²) in [6.45, 7) is 0. The molecule has 0 bridgehead atoms. The van der Waals surface area contributed by atoms with Gasteiger partial charge in [-0.3, -0.25) is 24.4 Å². The Hall–Kier alpha value is -14.6. The molecule has 4 amide bonds. The number of hydrogen-bond acceptors (Lipinski definition) is 19. The van der Waals surface area contributed by atoms with Crippen LogP contribution in [0.4, 0.5) is 35.9 Å². The number of aromatic hydroxyl groups is 1. The van der Waals surface area contributed by atoms with E-state index in [2.05, 4.69) is 66.8 Å². The number of ether oxygens (including phenoxy) is 8. The Labute approximate surface area is 687 Å². The number of methoxy groups -OCH3 is 6. The monoisotopic (exact) mass is 1720 g/mol. The summed E-state index contributed by atoms with van der Waals surface area (Å²) in [6, 6.07) is 66.6. The number of carbonyl (C=O) groups is 8. The lowest BCUT2D eigenvalue weighted by molar-refractivity contribution is -0.135. The minimum Gasteiger partial charge on any atom is -0.504 e. The first kappa shape index (κ1) is 91.3. The molecule has 0 aliphatic heterocycles. The predicted molar refractivity (Wildman–Crippen MR) is 445 cm³/mol. The van der Waals surface area contributed by atoms with Gasteiger partial charge in [-0.1, -0.05) is 121 Å². The van der Waals surface area contributed by atoms with Gasteiger partial charge in [0.1, 0.15) is 29.0 Å². The molecule has 0 radical (unpaired) electrons. The number of amides is 4. The van der Waals surface area contributed by atoms with Crippen molar-refractivity contribution in [2.75, 3.05) is 64.3 Å². The molecule has 117 heavy (non-hydrogen) atoms. The summed E-state index contributed by atoms with van der Waals surface area (Å²) >= 11 is 6.47. The number of anilines is 4. The number of phenols is 1. The van der Waals surface area contributed by atoms with Gasteiger partial charge in [-0.15, -0.1) is 0 Å². The van der Waals surface area contributed by atoms with Crippen LogP contribution >= 0.6 is 31.9 Å². The number of hydrogen-bond donors (Lipinski definition) is 8. The average molecular weight is 1720 g/mol. The molecular formula is C88H76Br2F3N5O19. The van der Waals surface area contributed by atoms with Crippen LogP contribution in [0.3, 0.4) is 0 Å². The standard InChI is InChI=1S/C24H20FNO5.C23H19FN2O5.C17H14BrNO3.C10H11NO2.C7H5BrO2.C7H7FO2/c1-29-22-15-17(25)12-13-21(22)31-20-10-6-4-8-18(20)24(28)26-19-9-5-3-7-16(19)11-14-23(27)30-2;1-30-21-14-16(24)11-12-20(21)31-19-9-5-3-7-17(19)23(28)25-18-8-4-2-6-15(18)10-13-22(27)26-29;1-22-16(20)11-10-12-6-2-5-9-15(12)19-17(21)13-7-3-4-8-14(13)18;1-13-10(12)7-6-8-4-2-3-5-9(8)11;8-6-4-2-1-3-5(6)7(9)10;1-10-7-4-5(8)2-3-6(7)9/h3-15H,1-2H3,(H,26,28);2-14,29H,1H3,(H,25,28)(H,26,27);2-11H,1H3,(H,19,21);2-7H,11H2,1H3;1-4H,(H,9,10);2-4,9H,1H3/b14-11+;13-10+;11-10+;7-6+;;. The third-order valence-corrected chi connectivity index (χ3v) is 16.6. The molecule has 0 fully saturated rings. The van der Waals surface area contributed by atoms with Gasteiger partial charge in [0.25, 0.3) is 23.6 Å². The summed E-state index contributed by atoms with van der Waals surface area (Å²) in [5.74, 6) is -3.89. The van der Waals surface area contributed by atoms with Gasteiger partial charge in [-0.2, -0.15) is 0 Å². The van der Waals surface area contributed by atoms with E-state index in [0.717, 1.165) is 28.2 Å². The summed E-state index contributed by atoms with van der Waals surface area (Å²) in [5, 5.41) is 34.5. The van der Waals surface area contributed by atoms with E-state index in [1.165, 1.54) is 115 Å². The predicted octanol–water partition coefficient (Wildman–Crippen LogP) is 18.5. The van der Waals surface area contributed by atoms with E-state index in [1.54, 1.807) is 176 Å². The number of benzene rings is 11. The molecule has 29 heteroatoms. The maximum absolute atomic E-state index is 13.5. The summed E-state index contributed by atoms with van der Waals surface area (Å²) in [6.07, 6.45) is 11.3. The number of phenolic OH excluding ortho intramolecular Hbond substituents is 1. The van der Waals surface area contributed by atoms with E-state index in [9.17, 15) is 51.5 Å². The van der Waals surface area contributed by atoms with Gasteiger partial charge in [-0.05, 0) is 188 Å². The SMILES string of the molecule is COC(=O)/C=C/c1ccccc1N.COC(=O)/C=C/c1ccccc1NC(=O)c1ccccc1Br.COC(=O)/C=C/c1ccccc1NC(=O)c1ccccc1Oc1ccc(F)cc1OC.COc1cc(F)ccc1O.COc1cc(F)ccc1Oc1ccccc1C(=O)Nc1ccccc1/C=C/C(=O)NO.O=C(O)c1ccccc1Br. The molecular weight excluding hydrogens is 1650 g/mol. The summed E-state index contributed by atoms with van der Waals surface area (Å²) in [4.78, 5) is 93.2. The van der Waals surface area contributed by atoms with Crippen molar-refractivity contribution in [3.8, 4) is 46.0 Å². The number of halogens is 5. The van der Waals surface area contributed by atoms with Gasteiger partial charge < -0.3 is 69.8 Å². The second-order valence-corrected chi connectivity index (χ2v) is 24.7. The highest BCUT2D eigenvalue weighted by atomic mass is 79.9. The number of carboxylic acid groups (broad SMARTS) is 1. The van der Waals surface area contributed by atoms with Crippen LogP contribution in [0, 0.1) is 17.5 Å². The third-order valence-electron chi connectivity index (χ3n) is 15.3. The third kappa shape index (κ3) is 30.1. The molecule has 0 aliphatic carbocycles. The van der Waals surface area contributed by atoms with Crippen molar-refractivity contribution >= 4 is 126 Å². The molecule has 11 aromatic rings. The zero-order valence-electron chi connectivity index (χ0n) is 63.1. The minimum absolute atomic E-state index is 0.0519. The first-order chi connectivity index (χ1) is 56.3. The van der Waals surface area contributed by atoms with Crippen molar-refractivity contribution < 1.29 is 105 Å². The fraction of sp³-hybridized carbons (Fsp3) is 0.0682. The molecule has 0 heterocycles. The van der Waals surface area contributed by atoms with Crippen LogP contribution in [0.1, 0.15) is 63.7 Å². The lowest BCUT2D eigenvalue weighted by Crippen LogP contribution is -2.15. The smallest absolute Gasteiger partial charge is 0.336 e. The van der Waals surface area contributed by atoms with Crippen molar-refractivity contribution in [2.24, 2.45) is 0 Å². The van der Waals surface area contributed by atoms with Crippen LogP contribution in [0.5, 0.6) is 46.0 Å². The van der Waals surface area contributed by atoms with E-state index in [0.29, 0.717) is 55.0 Å². The highest BCUT2D eigenvalue weighted by molar-refractivity contribution is 9.10. The molecule has 9 N–H and O–H groups in total. The van der Waals surface area contributed by atoms with E-state index in [4.69, 9.17) is 40.1 Å². The minimum atomic E-state index is -0.910. The van der Waals surface area contributed by atoms with E-state index >= 15 is 0 Å². The van der Waals surface area contributed by atoms with Crippen molar-refractivity contribution in [1.29, 1.82) is 0 Å². The number of nitrogens with two attached hydrogens (primary N) is 1. The number of para-hydroxylation sites is 6. The van der Waals surface area contributed by atoms with E-state index < -0.39 is 53.1 Å². The zero-order chi connectivity index (χ0) is 85.2. The number of aromatic carboxylic acids is 1. The maximum Gasteiger partial charge on any atom is 0.336 e. The molecule has 0 aromatic heterocycles. The fourth-order valence-corrected chi connectivity index (χ4v) is 10.4. The summed E-state index contributed by atoms with van der Waals surface area (Å²) in [5.41, 5.74) is 13.4. The largest absolute Gasteiger partial charge is 0.504 e. The number of carbonyl (C=O) groups excluding carboxylic acids is 7. The second kappa shape index (κ2) is 48.4. The van der Waals surface area contributed by atoms with Crippen molar-refractivity contribution in [2.45, 2.75) is 0 Å². The molecule has 11 rings (SSSR count). The van der Waals surface area contributed by atoms with Gasteiger partial charge in [0.15, 0.2) is 34.5 Å². The zero-order valence-corrected chi connectivity index (χ0v) is 66.3. The molecule has 602 valence electrons. The van der Waals surface area contributed by atoms with Crippen LogP contribution in [-0.2, 0) is 33.4 Å². The van der Waals surface area contributed by atoms with Gasteiger partial charge >= 0.3 is 23.9 Å². The quantitative estimate of drug-likeness (QED) is 0.00780. The molecule has 0 spiro atoms. The van der Waals surface area contributed by atoms with Crippen molar-refractivity contribution in [3.63, 3.8) is 0 Å². The number of esters is 3.